The highest BCUT2D eigenvalue weighted by Crippen LogP contribution is 2.30. The van der Waals surface area contributed by atoms with Crippen molar-refractivity contribution < 1.29 is 4.79 Å². The van der Waals surface area contributed by atoms with E-state index in [2.05, 4.69) is 41.3 Å². The van der Waals surface area contributed by atoms with E-state index in [1.807, 2.05) is 45.0 Å². The minimum Gasteiger partial charge on any atom is -0.354 e. The van der Waals surface area contributed by atoms with Crippen molar-refractivity contribution in [2.45, 2.75) is 40.5 Å². The highest BCUT2D eigenvalue weighted by Gasteiger charge is 2.20. The molecule has 0 unspecified atom stereocenters. The minimum atomic E-state index is -0.0255. The molecule has 0 aliphatic heterocycles. The highest BCUT2D eigenvalue weighted by atomic mass is 35.5. The van der Waals surface area contributed by atoms with Crippen molar-refractivity contribution >= 4 is 40.7 Å². The molecule has 0 bridgehead atoms. The fraction of sp³-hybridized carbons (Fsp3) is 0.348. The molecule has 1 aromatic carbocycles. The number of aryl methyl sites for hydroxylation is 1. The van der Waals surface area contributed by atoms with Crippen LogP contribution < -0.4 is 5.32 Å². The molecule has 154 valence electrons. The Morgan fingerprint density at radius 3 is 2.52 bits per heavy atom. The summed E-state index contributed by atoms with van der Waals surface area (Å²) in [6.07, 6.45) is 1.64. The molecule has 5 nitrogen and oxygen atoms in total. The lowest BCUT2D eigenvalue weighted by molar-refractivity contribution is 0.0774. The summed E-state index contributed by atoms with van der Waals surface area (Å²) in [5, 5.41) is 4.33. The normalized spacial score (nSPS) is 10.7. The van der Waals surface area contributed by atoms with E-state index in [-0.39, 0.29) is 18.3 Å². The number of fused-ring (bicyclic) bond motifs is 1. The molecular weight excluding hydrogens is 384 g/mol. The summed E-state index contributed by atoms with van der Waals surface area (Å²) in [6, 6.07) is 12.2. The summed E-state index contributed by atoms with van der Waals surface area (Å²) in [5.74, 6) is 0.402. The summed E-state index contributed by atoms with van der Waals surface area (Å²) in [7, 11) is 0. The summed E-state index contributed by atoms with van der Waals surface area (Å²) >= 11 is 0. The van der Waals surface area contributed by atoms with Crippen LogP contribution in [0.25, 0.3) is 11.0 Å². The molecule has 2 heterocycles. The van der Waals surface area contributed by atoms with Crippen molar-refractivity contribution in [2.75, 3.05) is 18.4 Å². The number of benzene rings is 1. The number of rotatable bonds is 6. The lowest BCUT2D eigenvalue weighted by Gasteiger charge is -2.21. The van der Waals surface area contributed by atoms with Crippen LogP contribution in [0.15, 0.2) is 42.6 Å². The second kappa shape index (κ2) is 9.70. The van der Waals surface area contributed by atoms with E-state index >= 15 is 0 Å². The van der Waals surface area contributed by atoms with E-state index in [4.69, 9.17) is 0 Å². The van der Waals surface area contributed by atoms with Gasteiger partial charge in [-0.1, -0.05) is 26.0 Å². The number of carbonyl (C=O) groups is 1. The van der Waals surface area contributed by atoms with Crippen LogP contribution in [0, 0.1) is 6.92 Å². The molecule has 1 amide bonds. The monoisotopic (exact) mass is 412 g/mol. The van der Waals surface area contributed by atoms with Crippen LogP contribution in [-0.4, -0.2) is 33.9 Å². The molecule has 6 heteroatoms. The number of hydrogen-bond acceptors (Lipinski definition) is 4. The maximum absolute atomic E-state index is 13.1. The van der Waals surface area contributed by atoms with Crippen molar-refractivity contribution in [3.8, 4) is 0 Å². The predicted octanol–water partition coefficient (Wildman–Crippen LogP) is 5.71. The zero-order chi connectivity index (χ0) is 20.3. The Kier molecular flexibility index (Phi) is 7.57. The molecule has 0 spiro atoms. The maximum atomic E-state index is 13.1. The zero-order valence-corrected chi connectivity index (χ0v) is 18.5. The first-order valence-corrected chi connectivity index (χ1v) is 9.87. The van der Waals surface area contributed by atoms with Crippen LogP contribution in [-0.2, 0) is 0 Å². The third-order valence-corrected chi connectivity index (χ3v) is 4.97. The zero-order valence-electron chi connectivity index (χ0n) is 17.7. The van der Waals surface area contributed by atoms with Gasteiger partial charge < -0.3 is 10.2 Å². The SMILES string of the molecule is CCN(CC)C(=O)c1cnc2nc(C)ccc2c1Nc1cccc(C(C)C)c1.Cl. The molecular formula is C23H29ClN4O. The number of nitrogens with zero attached hydrogens (tertiary/aromatic N) is 3. The van der Waals surface area contributed by atoms with Gasteiger partial charge in [-0.2, -0.15) is 0 Å². The van der Waals surface area contributed by atoms with Gasteiger partial charge in [-0.3, -0.25) is 4.79 Å². The van der Waals surface area contributed by atoms with E-state index in [0.29, 0.717) is 30.2 Å². The van der Waals surface area contributed by atoms with Gasteiger partial charge in [0, 0.05) is 36.1 Å². The molecule has 3 aromatic rings. The number of pyridine rings is 2. The van der Waals surface area contributed by atoms with E-state index in [9.17, 15) is 4.79 Å². The van der Waals surface area contributed by atoms with Crippen LogP contribution >= 0.6 is 12.4 Å². The summed E-state index contributed by atoms with van der Waals surface area (Å²) in [6.45, 7) is 11.6. The van der Waals surface area contributed by atoms with Crippen LogP contribution in [0.5, 0.6) is 0 Å². The number of carbonyl (C=O) groups excluding carboxylic acids is 1. The molecule has 0 fully saturated rings. The minimum absolute atomic E-state index is 0. The smallest absolute Gasteiger partial charge is 0.257 e. The Morgan fingerprint density at radius 1 is 1.14 bits per heavy atom. The molecule has 0 atom stereocenters. The average molecular weight is 413 g/mol. The average Bonchev–Trinajstić information content (AvgIpc) is 2.69. The third kappa shape index (κ3) is 4.85. The molecule has 0 aliphatic rings. The molecule has 0 saturated heterocycles. The van der Waals surface area contributed by atoms with Gasteiger partial charge in [0.1, 0.15) is 0 Å². The fourth-order valence-corrected chi connectivity index (χ4v) is 3.27. The van der Waals surface area contributed by atoms with Crippen molar-refractivity contribution in [1.82, 2.24) is 14.9 Å². The number of halogens is 1. The molecule has 3 rings (SSSR count). The van der Waals surface area contributed by atoms with Crippen molar-refractivity contribution in [2.24, 2.45) is 0 Å². The van der Waals surface area contributed by atoms with Gasteiger partial charge in [0.2, 0.25) is 0 Å². The summed E-state index contributed by atoms with van der Waals surface area (Å²) in [5.41, 5.74) is 5.06. The standard InChI is InChI=1S/C23H28N4O.ClH/c1-6-27(7-2)23(28)20-14-24-22-19(12-11-16(5)25-22)21(20)26-18-10-8-9-17(13-18)15(3)4;/h8-15H,6-7H2,1-5H3,(H,24,25,26);1H. The van der Waals surface area contributed by atoms with Crippen LogP contribution in [0.2, 0.25) is 0 Å². The van der Waals surface area contributed by atoms with Crippen molar-refractivity contribution in [3.05, 3.63) is 59.4 Å². The first-order valence-electron chi connectivity index (χ1n) is 9.87. The molecule has 1 N–H and O–H groups in total. The quantitative estimate of drug-likeness (QED) is 0.563. The molecule has 2 aromatic heterocycles. The molecule has 0 saturated carbocycles. The Morgan fingerprint density at radius 2 is 1.86 bits per heavy atom. The Balaban J connectivity index is 0.00000300. The van der Waals surface area contributed by atoms with Gasteiger partial charge in [-0.25, -0.2) is 9.97 Å². The first-order chi connectivity index (χ1) is 13.4. The predicted molar refractivity (Wildman–Crippen MR) is 123 cm³/mol. The van der Waals surface area contributed by atoms with E-state index in [0.717, 1.165) is 22.5 Å². The van der Waals surface area contributed by atoms with E-state index in [1.165, 1.54) is 5.56 Å². The van der Waals surface area contributed by atoms with Gasteiger partial charge >= 0.3 is 0 Å². The number of hydrogen-bond donors (Lipinski definition) is 1. The molecule has 0 radical (unpaired) electrons. The van der Waals surface area contributed by atoms with Gasteiger partial charge in [0.25, 0.3) is 5.91 Å². The molecule has 0 aliphatic carbocycles. The first kappa shape index (κ1) is 22.6. The third-order valence-electron chi connectivity index (χ3n) is 4.97. The Hall–Kier alpha value is -2.66. The second-order valence-corrected chi connectivity index (χ2v) is 7.25. The largest absolute Gasteiger partial charge is 0.354 e. The number of amides is 1. The van der Waals surface area contributed by atoms with Gasteiger partial charge in [-0.05, 0) is 56.5 Å². The Bertz CT molecular complexity index is 999. The number of aromatic nitrogens is 2. The lowest BCUT2D eigenvalue weighted by Crippen LogP contribution is -2.31. The summed E-state index contributed by atoms with van der Waals surface area (Å²) < 4.78 is 0. The topological polar surface area (TPSA) is 58.1 Å². The van der Waals surface area contributed by atoms with Crippen LogP contribution in [0.4, 0.5) is 11.4 Å². The molecule has 29 heavy (non-hydrogen) atoms. The second-order valence-electron chi connectivity index (χ2n) is 7.25. The fourth-order valence-electron chi connectivity index (χ4n) is 3.27. The Labute approximate surface area is 179 Å². The number of anilines is 2. The van der Waals surface area contributed by atoms with Crippen LogP contribution in [0.1, 0.15) is 55.2 Å². The maximum Gasteiger partial charge on any atom is 0.257 e. The van der Waals surface area contributed by atoms with Crippen LogP contribution in [0.3, 0.4) is 0 Å². The van der Waals surface area contributed by atoms with Crippen molar-refractivity contribution in [1.29, 1.82) is 0 Å². The van der Waals surface area contributed by atoms with Gasteiger partial charge in [-0.15, -0.1) is 12.4 Å². The van der Waals surface area contributed by atoms with E-state index < -0.39 is 0 Å². The highest BCUT2D eigenvalue weighted by molar-refractivity contribution is 6.07. The van der Waals surface area contributed by atoms with Gasteiger partial charge in [0.05, 0.1) is 11.3 Å². The van der Waals surface area contributed by atoms with E-state index in [1.54, 1.807) is 11.1 Å². The van der Waals surface area contributed by atoms with Gasteiger partial charge in [0.15, 0.2) is 5.65 Å². The summed E-state index contributed by atoms with van der Waals surface area (Å²) in [4.78, 5) is 23.9. The lowest BCUT2D eigenvalue weighted by atomic mass is 10.0. The van der Waals surface area contributed by atoms with Crippen molar-refractivity contribution in [3.63, 3.8) is 0 Å². The number of nitrogens with one attached hydrogen (secondary N) is 1.